The number of unbranched alkanes of at least 4 members (excludes halogenated alkanes) is 1. The SMILES string of the molecule is CCCCN(C)CCC(=O)c1ccc(F)c(N)c1. The Morgan fingerprint density at radius 1 is 1.39 bits per heavy atom. The van der Waals surface area contributed by atoms with Crippen LogP contribution in [-0.2, 0) is 0 Å². The van der Waals surface area contributed by atoms with E-state index in [9.17, 15) is 9.18 Å². The molecule has 0 saturated carbocycles. The first-order valence-electron chi connectivity index (χ1n) is 6.31. The smallest absolute Gasteiger partial charge is 0.164 e. The van der Waals surface area contributed by atoms with E-state index in [0.717, 1.165) is 25.9 Å². The average Bonchev–Trinajstić information content (AvgIpc) is 2.36. The van der Waals surface area contributed by atoms with Gasteiger partial charge in [0.1, 0.15) is 5.82 Å². The number of ketones is 1. The molecule has 0 amide bonds. The van der Waals surface area contributed by atoms with Gasteiger partial charge in [-0.3, -0.25) is 4.79 Å². The molecule has 0 heterocycles. The number of rotatable bonds is 7. The van der Waals surface area contributed by atoms with E-state index in [0.29, 0.717) is 12.0 Å². The largest absolute Gasteiger partial charge is 0.396 e. The molecule has 0 radical (unpaired) electrons. The topological polar surface area (TPSA) is 46.3 Å². The Bertz CT molecular complexity index is 407. The fourth-order valence-electron chi connectivity index (χ4n) is 1.69. The molecule has 3 nitrogen and oxygen atoms in total. The summed E-state index contributed by atoms with van der Waals surface area (Å²) in [5.41, 5.74) is 5.95. The van der Waals surface area contributed by atoms with E-state index < -0.39 is 5.82 Å². The van der Waals surface area contributed by atoms with Gasteiger partial charge in [0.05, 0.1) is 5.69 Å². The van der Waals surface area contributed by atoms with Crippen LogP contribution in [0.5, 0.6) is 0 Å². The van der Waals surface area contributed by atoms with Gasteiger partial charge >= 0.3 is 0 Å². The van der Waals surface area contributed by atoms with Crippen molar-refractivity contribution in [1.82, 2.24) is 4.90 Å². The van der Waals surface area contributed by atoms with Crippen LogP contribution in [0.15, 0.2) is 18.2 Å². The van der Waals surface area contributed by atoms with Crippen molar-refractivity contribution >= 4 is 11.5 Å². The van der Waals surface area contributed by atoms with Crippen LogP contribution >= 0.6 is 0 Å². The summed E-state index contributed by atoms with van der Waals surface area (Å²) in [6.07, 6.45) is 2.71. The van der Waals surface area contributed by atoms with Crippen molar-refractivity contribution < 1.29 is 9.18 Å². The highest BCUT2D eigenvalue weighted by atomic mass is 19.1. The summed E-state index contributed by atoms with van der Waals surface area (Å²) in [7, 11) is 2.00. The second-order valence-corrected chi connectivity index (χ2v) is 4.57. The minimum Gasteiger partial charge on any atom is -0.396 e. The molecular weight excluding hydrogens is 231 g/mol. The third-order valence-corrected chi connectivity index (χ3v) is 2.93. The zero-order chi connectivity index (χ0) is 13.5. The normalized spacial score (nSPS) is 10.9. The van der Waals surface area contributed by atoms with Crippen molar-refractivity contribution in [1.29, 1.82) is 0 Å². The Morgan fingerprint density at radius 2 is 2.11 bits per heavy atom. The van der Waals surface area contributed by atoms with Crippen LogP contribution in [0.3, 0.4) is 0 Å². The molecule has 0 saturated heterocycles. The molecule has 0 unspecified atom stereocenters. The molecule has 18 heavy (non-hydrogen) atoms. The lowest BCUT2D eigenvalue weighted by molar-refractivity contribution is 0.0969. The maximum atomic E-state index is 13.0. The van der Waals surface area contributed by atoms with E-state index in [-0.39, 0.29) is 11.5 Å². The van der Waals surface area contributed by atoms with Crippen molar-refractivity contribution in [3.8, 4) is 0 Å². The van der Waals surface area contributed by atoms with Crippen molar-refractivity contribution in [3.63, 3.8) is 0 Å². The van der Waals surface area contributed by atoms with Crippen LogP contribution in [0.2, 0.25) is 0 Å². The van der Waals surface area contributed by atoms with Crippen molar-refractivity contribution in [2.24, 2.45) is 0 Å². The van der Waals surface area contributed by atoms with Gasteiger partial charge in [0, 0.05) is 18.5 Å². The Hall–Kier alpha value is -1.42. The molecule has 0 aromatic heterocycles. The summed E-state index contributed by atoms with van der Waals surface area (Å²) in [6, 6.07) is 4.13. The molecule has 0 aliphatic heterocycles. The highest BCUT2D eigenvalue weighted by Gasteiger charge is 2.09. The third kappa shape index (κ3) is 4.45. The molecule has 2 N–H and O–H groups in total. The number of benzene rings is 1. The zero-order valence-electron chi connectivity index (χ0n) is 11.1. The number of anilines is 1. The van der Waals surface area contributed by atoms with Gasteiger partial charge in [-0.2, -0.15) is 0 Å². The highest BCUT2D eigenvalue weighted by Crippen LogP contribution is 2.13. The first-order chi connectivity index (χ1) is 8.54. The second kappa shape index (κ2) is 7.11. The van der Waals surface area contributed by atoms with Crippen LogP contribution in [0.25, 0.3) is 0 Å². The highest BCUT2D eigenvalue weighted by molar-refractivity contribution is 5.96. The summed E-state index contributed by atoms with van der Waals surface area (Å²) >= 11 is 0. The second-order valence-electron chi connectivity index (χ2n) is 4.57. The first-order valence-corrected chi connectivity index (χ1v) is 6.31. The van der Waals surface area contributed by atoms with Gasteiger partial charge in [0.15, 0.2) is 5.78 Å². The van der Waals surface area contributed by atoms with Crippen LogP contribution < -0.4 is 5.73 Å². The zero-order valence-corrected chi connectivity index (χ0v) is 11.1. The molecule has 0 aliphatic rings. The van der Waals surface area contributed by atoms with Crippen LogP contribution in [0.4, 0.5) is 10.1 Å². The Morgan fingerprint density at radius 3 is 2.72 bits per heavy atom. The predicted molar refractivity (Wildman–Crippen MR) is 72.2 cm³/mol. The number of hydrogen-bond acceptors (Lipinski definition) is 3. The predicted octanol–water partition coefficient (Wildman–Crippen LogP) is 2.71. The minimum absolute atomic E-state index is 0.00467. The number of Topliss-reactive ketones (excluding diaryl/α,β-unsaturated/α-hetero) is 1. The monoisotopic (exact) mass is 252 g/mol. The van der Waals surface area contributed by atoms with E-state index in [1.54, 1.807) is 0 Å². The Balaban J connectivity index is 2.47. The maximum absolute atomic E-state index is 13.0. The fourth-order valence-corrected chi connectivity index (χ4v) is 1.69. The lowest BCUT2D eigenvalue weighted by atomic mass is 10.1. The van der Waals surface area contributed by atoms with Gasteiger partial charge in [-0.25, -0.2) is 4.39 Å². The van der Waals surface area contributed by atoms with Crippen molar-refractivity contribution in [2.75, 3.05) is 25.9 Å². The molecule has 0 bridgehead atoms. The molecule has 0 fully saturated rings. The van der Waals surface area contributed by atoms with Crippen LogP contribution in [0, 0.1) is 5.82 Å². The van der Waals surface area contributed by atoms with Gasteiger partial charge in [-0.15, -0.1) is 0 Å². The number of nitrogen functional groups attached to an aromatic ring is 1. The summed E-state index contributed by atoms with van der Waals surface area (Å²) in [4.78, 5) is 14.0. The molecule has 4 heteroatoms. The molecule has 0 atom stereocenters. The molecule has 0 aliphatic carbocycles. The van der Waals surface area contributed by atoms with Gasteiger partial charge in [0.25, 0.3) is 0 Å². The van der Waals surface area contributed by atoms with Crippen LogP contribution in [0.1, 0.15) is 36.5 Å². The van der Waals surface area contributed by atoms with E-state index in [1.807, 2.05) is 7.05 Å². The molecule has 1 aromatic rings. The molecule has 1 rings (SSSR count). The Labute approximate surface area is 108 Å². The Kier molecular flexibility index (Phi) is 5.78. The lowest BCUT2D eigenvalue weighted by Gasteiger charge is -2.15. The van der Waals surface area contributed by atoms with Gasteiger partial charge in [-0.1, -0.05) is 13.3 Å². The van der Waals surface area contributed by atoms with E-state index in [4.69, 9.17) is 5.73 Å². The number of halogens is 1. The average molecular weight is 252 g/mol. The van der Waals surface area contributed by atoms with Crippen molar-refractivity contribution in [3.05, 3.63) is 29.6 Å². The van der Waals surface area contributed by atoms with Gasteiger partial charge < -0.3 is 10.6 Å². The van der Waals surface area contributed by atoms with E-state index in [2.05, 4.69) is 11.8 Å². The summed E-state index contributed by atoms with van der Waals surface area (Å²) in [5, 5.41) is 0. The molecular formula is C14H21FN2O. The fraction of sp³-hybridized carbons (Fsp3) is 0.500. The number of nitrogens with zero attached hydrogens (tertiary/aromatic N) is 1. The van der Waals surface area contributed by atoms with Gasteiger partial charge in [-0.05, 0) is 38.2 Å². The maximum Gasteiger partial charge on any atom is 0.164 e. The third-order valence-electron chi connectivity index (χ3n) is 2.93. The summed E-state index contributed by atoms with van der Waals surface area (Å²) < 4.78 is 13.0. The van der Waals surface area contributed by atoms with Gasteiger partial charge in [0.2, 0.25) is 0 Å². The lowest BCUT2D eigenvalue weighted by Crippen LogP contribution is -2.23. The summed E-state index contributed by atoms with van der Waals surface area (Å²) in [5.74, 6) is -0.475. The minimum atomic E-state index is -0.480. The van der Waals surface area contributed by atoms with E-state index >= 15 is 0 Å². The summed E-state index contributed by atoms with van der Waals surface area (Å²) in [6.45, 7) is 3.85. The van der Waals surface area contributed by atoms with Crippen molar-refractivity contribution in [2.45, 2.75) is 26.2 Å². The number of carbonyl (C=O) groups is 1. The molecule has 1 aromatic carbocycles. The molecule has 100 valence electrons. The first kappa shape index (κ1) is 14.6. The van der Waals surface area contributed by atoms with E-state index in [1.165, 1.54) is 18.2 Å². The quantitative estimate of drug-likeness (QED) is 0.599. The standard InChI is InChI=1S/C14H21FN2O/c1-3-4-8-17(2)9-7-14(18)11-5-6-12(15)13(16)10-11/h5-6,10H,3-4,7-9,16H2,1-2H3. The number of hydrogen-bond donors (Lipinski definition) is 1. The number of carbonyl (C=O) groups excluding carboxylic acids is 1. The van der Waals surface area contributed by atoms with Crippen LogP contribution in [-0.4, -0.2) is 30.8 Å². The molecule has 0 spiro atoms. The number of nitrogens with two attached hydrogens (primary N) is 1.